The van der Waals surface area contributed by atoms with E-state index in [0.29, 0.717) is 30.3 Å². The smallest absolute Gasteiger partial charge is 0.307 e. The Hall–Kier alpha value is -2.45. The van der Waals surface area contributed by atoms with E-state index in [4.69, 9.17) is 0 Å². The molecule has 1 aromatic rings. The van der Waals surface area contributed by atoms with Gasteiger partial charge in [0.2, 0.25) is 0 Å². The van der Waals surface area contributed by atoms with Crippen LogP contribution >= 0.6 is 0 Å². The van der Waals surface area contributed by atoms with Crippen molar-refractivity contribution in [2.45, 2.75) is 52.0 Å². The molecule has 0 fully saturated rings. The molecule has 1 aliphatic carbocycles. The van der Waals surface area contributed by atoms with E-state index in [1.54, 1.807) is 0 Å². The van der Waals surface area contributed by atoms with E-state index in [0.717, 1.165) is 30.4 Å². The summed E-state index contributed by atoms with van der Waals surface area (Å²) in [5.41, 5.74) is 10.6. The minimum absolute atomic E-state index is 0.218. The van der Waals surface area contributed by atoms with Crippen molar-refractivity contribution in [3.8, 4) is 0 Å². The molecule has 3 rings (SSSR count). The molecule has 0 amide bonds. The standard InChI is InChI=1S/C22H32FN5O2/c1-13(2)10-19(22(29)30)18(21-25-27-28-26-21)11-14-4-9-17(20(23)12-14)15-5-7-16(24-3)8-6-15/h4-5,9,12-13,16,18-19,24,27-28H,6-8,10-11H2,1-3H3,(H,25,26)(H,29,30). The first-order valence-electron chi connectivity index (χ1n) is 10.6. The molecular weight excluding hydrogens is 385 g/mol. The zero-order chi connectivity index (χ0) is 21.7. The second-order valence-corrected chi connectivity index (χ2v) is 8.55. The minimum atomic E-state index is -0.867. The third-order valence-electron chi connectivity index (χ3n) is 5.96. The summed E-state index contributed by atoms with van der Waals surface area (Å²) in [6, 6.07) is 5.72. The summed E-state index contributed by atoms with van der Waals surface area (Å²) in [7, 11) is 1.95. The van der Waals surface area contributed by atoms with Crippen LogP contribution in [0.4, 0.5) is 4.39 Å². The Bertz CT molecular complexity index is 824. The number of aliphatic carboxylic acids is 1. The summed E-state index contributed by atoms with van der Waals surface area (Å²) in [6.07, 6.45) is 5.75. The van der Waals surface area contributed by atoms with Gasteiger partial charge >= 0.3 is 5.97 Å². The van der Waals surface area contributed by atoms with Crippen LogP contribution in [0.1, 0.15) is 50.7 Å². The largest absolute Gasteiger partial charge is 0.481 e. The number of allylic oxidation sites excluding steroid dienone is 1. The van der Waals surface area contributed by atoms with Crippen molar-refractivity contribution < 1.29 is 14.3 Å². The normalized spacial score (nSPS) is 20.8. The van der Waals surface area contributed by atoms with Crippen molar-refractivity contribution in [2.75, 3.05) is 7.05 Å². The van der Waals surface area contributed by atoms with Gasteiger partial charge in [-0.05, 0) is 62.3 Å². The van der Waals surface area contributed by atoms with E-state index in [-0.39, 0.29) is 11.7 Å². The highest BCUT2D eigenvalue weighted by atomic mass is 19.1. The van der Waals surface area contributed by atoms with Crippen LogP contribution < -0.4 is 21.8 Å². The Kier molecular flexibility index (Phi) is 7.44. The molecule has 0 saturated heterocycles. The van der Waals surface area contributed by atoms with E-state index in [1.807, 2.05) is 33.0 Å². The molecule has 1 aliphatic heterocycles. The number of hydrazone groups is 1. The predicted octanol–water partition coefficient (Wildman–Crippen LogP) is 2.81. The molecule has 0 bridgehead atoms. The number of hydrazine groups is 2. The van der Waals surface area contributed by atoms with Gasteiger partial charge in [-0.25, -0.2) is 9.93 Å². The summed E-state index contributed by atoms with van der Waals surface area (Å²) in [4.78, 5) is 12.0. The molecule has 8 heteroatoms. The molecule has 0 spiro atoms. The van der Waals surface area contributed by atoms with Gasteiger partial charge < -0.3 is 10.4 Å². The van der Waals surface area contributed by atoms with E-state index in [1.165, 1.54) is 6.07 Å². The number of hydrogen-bond acceptors (Lipinski definition) is 6. The number of halogens is 1. The molecule has 164 valence electrons. The Morgan fingerprint density at radius 2 is 2.20 bits per heavy atom. The van der Waals surface area contributed by atoms with Crippen LogP contribution in [0.15, 0.2) is 29.4 Å². The van der Waals surface area contributed by atoms with Crippen LogP contribution in [0, 0.1) is 23.6 Å². The summed E-state index contributed by atoms with van der Waals surface area (Å²) >= 11 is 0. The fourth-order valence-corrected chi connectivity index (χ4v) is 4.30. The molecule has 1 heterocycles. The number of benzene rings is 1. The Morgan fingerprint density at radius 3 is 2.73 bits per heavy atom. The maximum atomic E-state index is 15.0. The van der Waals surface area contributed by atoms with E-state index >= 15 is 0 Å². The third kappa shape index (κ3) is 5.37. The van der Waals surface area contributed by atoms with Gasteiger partial charge in [0.05, 0.1) is 5.92 Å². The number of amidine groups is 1. The summed E-state index contributed by atoms with van der Waals surface area (Å²) in [6.45, 7) is 4.00. The number of nitrogens with one attached hydrogen (secondary N) is 4. The Morgan fingerprint density at radius 1 is 1.40 bits per heavy atom. The van der Waals surface area contributed by atoms with Crippen molar-refractivity contribution in [2.24, 2.45) is 22.9 Å². The predicted molar refractivity (Wildman–Crippen MR) is 116 cm³/mol. The average Bonchev–Trinajstić information content (AvgIpc) is 3.25. The van der Waals surface area contributed by atoms with Gasteiger partial charge in [-0.15, -0.1) is 10.6 Å². The topological polar surface area (TPSA) is 97.8 Å². The van der Waals surface area contributed by atoms with Crippen LogP contribution in [-0.2, 0) is 11.2 Å². The Balaban J connectivity index is 1.82. The minimum Gasteiger partial charge on any atom is -0.481 e. The third-order valence-corrected chi connectivity index (χ3v) is 5.96. The van der Waals surface area contributed by atoms with Crippen molar-refractivity contribution in [3.05, 3.63) is 41.2 Å². The number of carbonyl (C=O) groups is 1. The van der Waals surface area contributed by atoms with Gasteiger partial charge in [-0.3, -0.25) is 10.2 Å². The van der Waals surface area contributed by atoms with E-state index in [2.05, 4.69) is 33.0 Å². The van der Waals surface area contributed by atoms with Crippen LogP contribution in [0.5, 0.6) is 0 Å². The molecule has 3 atom stereocenters. The highest BCUT2D eigenvalue weighted by molar-refractivity contribution is 5.89. The number of carboxylic acid groups (broad SMARTS) is 1. The molecule has 3 unspecified atom stereocenters. The van der Waals surface area contributed by atoms with Gasteiger partial charge in [0.1, 0.15) is 11.7 Å². The first-order chi connectivity index (χ1) is 14.4. The van der Waals surface area contributed by atoms with Crippen LogP contribution in [0.25, 0.3) is 5.57 Å². The summed E-state index contributed by atoms with van der Waals surface area (Å²) < 4.78 is 15.0. The Labute approximate surface area is 177 Å². The van der Waals surface area contributed by atoms with Crippen molar-refractivity contribution in [3.63, 3.8) is 0 Å². The van der Waals surface area contributed by atoms with Gasteiger partial charge in [0.15, 0.2) is 0 Å². The van der Waals surface area contributed by atoms with Crippen LogP contribution in [0.2, 0.25) is 0 Å². The molecule has 0 saturated carbocycles. The van der Waals surface area contributed by atoms with Crippen LogP contribution in [0.3, 0.4) is 0 Å². The second kappa shape index (κ2) is 10.0. The van der Waals surface area contributed by atoms with Gasteiger partial charge in [0, 0.05) is 17.5 Å². The quantitative estimate of drug-likeness (QED) is 0.424. The SMILES string of the molecule is CNC1CC=C(c2ccc(CC(C3=NNNN3)C(CC(C)C)C(=O)O)cc2F)CC1. The maximum Gasteiger partial charge on any atom is 0.307 e. The van der Waals surface area contributed by atoms with Crippen molar-refractivity contribution >= 4 is 17.4 Å². The highest BCUT2D eigenvalue weighted by Crippen LogP contribution is 2.31. The molecule has 30 heavy (non-hydrogen) atoms. The van der Waals surface area contributed by atoms with Gasteiger partial charge in [-0.1, -0.05) is 32.1 Å². The lowest BCUT2D eigenvalue weighted by atomic mass is 9.80. The number of hydrogen-bond donors (Lipinski definition) is 5. The molecule has 0 radical (unpaired) electrons. The van der Waals surface area contributed by atoms with Crippen LogP contribution in [-0.4, -0.2) is 30.0 Å². The van der Waals surface area contributed by atoms with Crippen molar-refractivity contribution in [1.29, 1.82) is 0 Å². The van der Waals surface area contributed by atoms with Crippen molar-refractivity contribution in [1.82, 2.24) is 21.8 Å². The second-order valence-electron chi connectivity index (χ2n) is 8.55. The van der Waals surface area contributed by atoms with E-state index in [9.17, 15) is 14.3 Å². The average molecular weight is 418 g/mol. The lowest BCUT2D eigenvalue weighted by Gasteiger charge is -2.25. The molecule has 5 N–H and O–H groups in total. The summed E-state index contributed by atoms with van der Waals surface area (Å²) in [5, 5.41) is 17.2. The molecular formula is C22H32FN5O2. The highest BCUT2D eigenvalue weighted by Gasteiger charge is 2.34. The number of carboxylic acids is 1. The zero-order valence-electron chi connectivity index (χ0n) is 17.8. The molecule has 2 aliphatic rings. The number of nitrogens with zero attached hydrogens (tertiary/aromatic N) is 1. The fraction of sp³-hybridized carbons (Fsp3) is 0.545. The zero-order valence-corrected chi connectivity index (χ0v) is 17.8. The van der Waals surface area contributed by atoms with Gasteiger partial charge in [-0.2, -0.15) is 0 Å². The molecule has 1 aromatic carbocycles. The van der Waals surface area contributed by atoms with Gasteiger partial charge in [0.25, 0.3) is 0 Å². The lowest BCUT2D eigenvalue weighted by molar-refractivity contribution is -0.143. The first-order valence-corrected chi connectivity index (χ1v) is 10.6. The molecule has 7 nitrogen and oxygen atoms in total. The maximum absolute atomic E-state index is 15.0. The monoisotopic (exact) mass is 417 g/mol. The number of rotatable bonds is 9. The first kappa shape index (κ1) is 22.2. The lowest BCUT2D eigenvalue weighted by Crippen LogP contribution is -2.42. The summed E-state index contributed by atoms with van der Waals surface area (Å²) in [5.74, 6) is -1.40. The molecule has 0 aromatic heterocycles. The fourth-order valence-electron chi connectivity index (χ4n) is 4.30. The van der Waals surface area contributed by atoms with E-state index < -0.39 is 17.8 Å².